The molecule has 1 aliphatic rings. The van der Waals surface area contributed by atoms with Crippen LogP contribution in [0.1, 0.15) is 5.56 Å². The van der Waals surface area contributed by atoms with Gasteiger partial charge in [0.25, 0.3) is 0 Å². The molecular weight excluding hydrogens is 288 g/mol. The summed E-state index contributed by atoms with van der Waals surface area (Å²) in [4.78, 5) is 12.2. The number of aryl methyl sites for hydroxylation is 1. The van der Waals surface area contributed by atoms with Gasteiger partial charge in [0.05, 0.1) is 11.7 Å². The molecule has 0 bridgehead atoms. The smallest absolute Gasteiger partial charge is 0.242 e. The van der Waals surface area contributed by atoms with Gasteiger partial charge in [0.2, 0.25) is 5.91 Å². The third kappa shape index (κ3) is 3.22. The van der Waals surface area contributed by atoms with Crippen molar-refractivity contribution in [1.29, 1.82) is 0 Å². The lowest BCUT2D eigenvalue weighted by atomic mass is 10.1. The molecule has 0 saturated carbocycles. The summed E-state index contributed by atoms with van der Waals surface area (Å²) in [6.07, 6.45) is 1.55. The van der Waals surface area contributed by atoms with E-state index in [1.807, 2.05) is 25.1 Å². The molecule has 0 aliphatic carbocycles. The standard InChI is InChI=1S/C13H16N6OS/c1-9-6-10(2-3-12(9)19-8-15-17-18-19)16-13(20)11-7-21-5-4-14-11/h2-3,6,8,11,14H,4-5,7H2,1H3,(H,16,20). The molecule has 1 fully saturated rings. The largest absolute Gasteiger partial charge is 0.325 e. The fourth-order valence-corrected chi connectivity index (χ4v) is 3.16. The van der Waals surface area contributed by atoms with Gasteiger partial charge in [0.15, 0.2) is 0 Å². The molecule has 1 unspecified atom stereocenters. The maximum absolute atomic E-state index is 12.2. The third-order valence-corrected chi connectivity index (χ3v) is 4.36. The number of hydrogen-bond donors (Lipinski definition) is 2. The molecule has 3 rings (SSSR count). The molecule has 1 aromatic heterocycles. The minimum Gasteiger partial charge on any atom is -0.325 e. The van der Waals surface area contributed by atoms with Crippen LogP contribution in [0.4, 0.5) is 5.69 Å². The van der Waals surface area contributed by atoms with Gasteiger partial charge < -0.3 is 10.6 Å². The predicted octanol–water partition coefficient (Wildman–Crippen LogP) is 0.614. The van der Waals surface area contributed by atoms with Crippen LogP contribution >= 0.6 is 11.8 Å². The van der Waals surface area contributed by atoms with E-state index in [9.17, 15) is 4.79 Å². The second-order valence-electron chi connectivity index (χ2n) is 4.83. The van der Waals surface area contributed by atoms with Crippen molar-refractivity contribution in [2.75, 3.05) is 23.4 Å². The number of aromatic nitrogens is 4. The minimum atomic E-state index is -0.122. The topological polar surface area (TPSA) is 84.7 Å². The SMILES string of the molecule is Cc1cc(NC(=O)C2CSCCN2)ccc1-n1cnnn1. The van der Waals surface area contributed by atoms with Crippen molar-refractivity contribution in [2.24, 2.45) is 0 Å². The fraction of sp³-hybridized carbons (Fsp3) is 0.385. The Bertz CT molecular complexity index is 624. The number of benzene rings is 1. The Morgan fingerprint density at radius 2 is 2.43 bits per heavy atom. The number of anilines is 1. The molecule has 2 N–H and O–H groups in total. The number of carbonyl (C=O) groups is 1. The highest BCUT2D eigenvalue weighted by molar-refractivity contribution is 7.99. The van der Waals surface area contributed by atoms with Gasteiger partial charge in [-0.2, -0.15) is 11.8 Å². The number of tetrazole rings is 1. The summed E-state index contributed by atoms with van der Waals surface area (Å²) in [5, 5.41) is 17.3. The molecule has 21 heavy (non-hydrogen) atoms. The van der Waals surface area contributed by atoms with Gasteiger partial charge in [0, 0.05) is 23.7 Å². The Hall–Kier alpha value is -1.93. The summed E-state index contributed by atoms with van der Waals surface area (Å²) in [6, 6.07) is 5.55. The van der Waals surface area contributed by atoms with Crippen LogP contribution in [0.25, 0.3) is 5.69 Å². The number of nitrogens with one attached hydrogen (secondary N) is 2. The fourth-order valence-electron chi connectivity index (χ4n) is 2.23. The molecule has 1 aliphatic heterocycles. The summed E-state index contributed by atoms with van der Waals surface area (Å²) in [5.74, 6) is 1.88. The van der Waals surface area contributed by atoms with E-state index < -0.39 is 0 Å². The van der Waals surface area contributed by atoms with Crippen LogP contribution in [-0.2, 0) is 4.79 Å². The van der Waals surface area contributed by atoms with E-state index in [1.165, 1.54) is 0 Å². The van der Waals surface area contributed by atoms with E-state index in [2.05, 4.69) is 26.2 Å². The predicted molar refractivity (Wildman–Crippen MR) is 81.6 cm³/mol. The van der Waals surface area contributed by atoms with Gasteiger partial charge in [0.1, 0.15) is 6.33 Å². The molecule has 2 aromatic rings. The normalized spacial score (nSPS) is 18.4. The highest BCUT2D eigenvalue weighted by Crippen LogP contribution is 2.18. The Balaban J connectivity index is 1.72. The van der Waals surface area contributed by atoms with E-state index in [1.54, 1.807) is 22.8 Å². The monoisotopic (exact) mass is 304 g/mol. The average Bonchev–Trinajstić information content (AvgIpc) is 3.02. The van der Waals surface area contributed by atoms with Crippen LogP contribution in [-0.4, -0.2) is 50.2 Å². The van der Waals surface area contributed by atoms with Crippen molar-refractivity contribution in [3.05, 3.63) is 30.1 Å². The summed E-state index contributed by atoms with van der Waals surface area (Å²) in [6.45, 7) is 2.83. The summed E-state index contributed by atoms with van der Waals surface area (Å²) in [7, 11) is 0. The van der Waals surface area contributed by atoms with Crippen LogP contribution < -0.4 is 10.6 Å². The van der Waals surface area contributed by atoms with Crippen LogP contribution in [0.3, 0.4) is 0 Å². The van der Waals surface area contributed by atoms with Crippen molar-refractivity contribution < 1.29 is 4.79 Å². The first-order valence-electron chi connectivity index (χ1n) is 6.70. The van der Waals surface area contributed by atoms with Gasteiger partial charge in [-0.25, -0.2) is 4.68 Å². The van der Waals surface area contributed by atoms with Gasteiger partial charge in [-0.15, -0.1) is 5.10 Å². The zero-order chi connectivity index (χ0) is 14.7. The highest BCUT2D eigenvalue weighted by atomic mass is 32.2. The third-order valence-electron chi connectivity index (χ3n) is 3.30. The molecule has 7 nitrogen and oxygen atoms in total. The first-order chi connectivity index (χ1) is 10.2. The Morgan fingerprint density at radius 3 is 3.10 bits per heavy atom. The molecule has 2 heterocycles. The van der Waals surface area contributed by atoms with E-state index in [4.69, 9.17) is 0 Å². The lowest BCUT2D eigenvalue weighted by Crippen LogP contribution is -2.46. The van der Waals surface area contributed by atoms with E-state index in [0.717, 1.165) is 35.0 Å². The number of rotatable bonds is 3. The molecule has 110 valence electrons. The number of hydrogen-bond acceptors (Lipinski definition) is 6. The second kappa shape index (κ2) is 6.23. The summed E-state index contributed by atoms with van der Waals surface area (Å²) >= 11 is 1.80. The highest BCUT2D eigenvalue weighted by Gasteiger charge is 2.20. The zero-order valence-electron chi connectivity index (χ0n) is 11.6. The maximum Gasteiger partial charge on any atom is 0.242 e. The molecule has 8 heteroatoms. The van der Waals surface area contributed by atoms with E-state index in [-0.39, 0.29) is 11.9 Å². The zero-order valence-corrected chi connectivity index (χ0v) is 12.4. The van der Waals surface area contributed by atoms with Crippen molar-refractivity contribution in [1.82, 2.24) is 25.5 Å². The van der Waals surface area contributed by atoms with Gasteiger partial charge in [-0.3, -0.25) is 4.79 Å². The Labute approximate surface area is 126 Å². The maximum atomic E-state index is 12.2. The molecule has 0 spiro atoms. The van der Waals surface area contributed by atoms with Crippen molar-refractivity contribution in [3.8, 4) is 5.69 Å². The molecule has 0 radical (unpaired) electrons. The lowest BCUT2D eigenvalue weighted by molar-refractivity contribution is -0.117. The number of nitrogens with zero attached hydrogens (tertiary/aromatic N) is 4. The van der Waals surface area contributed by atoms with Crippen LogP contribution in [0.5, 0.6) is 0 Å². The van der Waals surface area contributed by atoms with Crippen LogP contribution in [0, 0.1) is 6.92 Å². The molecular formula is C13H16N6OS. The first kappa shape index (κ1) is 14.0. The van der Waals surface area contributed by atoms with Gasteiger partial charge >= 0.3 is 0 Å². The van der Waals surface area contributed by atoms with Crippen molar-refractivity contribution in [3.63, 3.8) is 0 Å². The van der Waals surface area contributed by atoms with Gasteiger partial charge in [-0.1, -0.05) is 0 Å². The van der Waals surface area contributed by atoms with Crippen molar-refractivity contribution >= 4 is 23.4 Å². The Morgan fingerprint density at radius 1 is 1.52 bits per heavy atom. The second-order valence-corrected chi connectivity index (χ2v) is 5.98. The van der Waals surface area contributed by atoms with E-state index in [0.29, 0.717) is 0 Å². The van der Waals surface area contributed by atoms with Gasteiger partial charge in [-0.05, 0) is 41.1 Å². The molecule has 1 saturated heterocycles. The Kier molecular flexibility index (Phi) is 4.16. The summed E-state index contributed by atoms with van der Waals surface area (Å²) in [5.41, 5.74) is 2.67. The van der Waals surface area contributed by atoms with Crippen LogP contribution in [0.15, 0.2) is 24.5 Å². The quantitative estimate of drug-likeness (QED) is 0.864. The number of amides is 1. The number of thioether (sulfide) groups is 1. The first-order valence-corrected chi connectivity index (χ1v) is 7.85. The molecule has 1 amide bonds. The summed E-state index contributed by atoms with van der Waals surface area (Å²) < 4.78 is 1.60. The molecule has 1 aromatic carbocycles. The van der Waals surface area contributed by atoms with Crippen molar-refractivity contribution in [2.45, 2.75) is 13.0 Å². The number of carbonyl (C=O) groups excluding carboxylic acids is 1. The molecule has 1 atom stereocenters. The lowest BCUT2D eigenvalue weighted by Gasteiger charge is -2.22. The van der Waals surface area contributed by atoms with E-state index >= 15 is 0 Å². The minimum absolute atomic E-state index is 0.0109. The van der Waals surface area contributed by atoms with Crippen LogP contribution in [0.2, 0.25) is 0 Å². The average molecular weight is 304 g/mol.